The molecule has 1 aromatic carbocycles. The molecule has 0 bridgehead atoms. The van der Waals surface area contributed by atoms with E-state index in [9.17, 15) is 22.4 Å². The van der Waals surface area contributed by atoms with Gasteiger partial charge in [-0.05, 0) is 6.07 Å². The van der Waals surface area contributed by atoms with Crippen LogP contribution in [0, 0.1) is 5.82 Å². The average molecular weight is 378 g/mol. The van der Waals surface area contributed by atoms with Gasteiger partial charge in [-0.2, -0.15) is 13.2 Å². The van der Waals surface area contributed by atoms with Crippen molar-refractivity contribution < 1.29 is 22.4 Å². The van der Waals surface area contributed by atoms with Gasteiger partial charge in [0, 0.05) is 10.9 Å². The van der Waals surface area contributed by atoms with Gasteiger partial charge in [0.1, 0.15) is 11.4 Å². The lowest BCUT2D eigenvalue weighted by Crippen LogP contribution is -2.22. The van der Waals surface area contributed by atoms with Crippen LogP contribution in [0.25, 0.3) is 0 Å². The molecule has 7 heteroatoms. The molecule has 0 fully saturated rings. The first-order chi connectivity index (χ1) is 7.79. The first kappa shape index (κ1) is 14.6. The van der Waals surface area contributed by atoms with Crippen LogP contribution in [0.15, 0.2) is 18.2 Å². The molecule has 0 spiro atoms. The number of alkyl halides is 5. The number of hydrogen-bond acceptors (Lipinski definition) is 1. The molecule has 1 unspecified atom stereocenters. The lowest BCUT2D eigenvalue weighted by atomic mass is 10.0. The number of carbonyl (C=O) groups excluding carboxylic acids is 1. The Morgan fingerprint density at radius 3 is 2.41 bits per heavy atom. The number of halogens is 6. The molecule has 0 aliphatic heterocycles. The third kappa shape index (κ3) is 3.28. The van der Waals surface area contributed by atoms with Crippen molar-refractivity contribution in [2.45, 2.75) is 11.0 Å². The molecule has 17 heavy (non-hydrogen) atoms. The van der Waals surface area contributed by atoms with Gasteiger partial charge in [0.15, 0.2) is 5.78 Å². The summed E-state index contributed by atoms with van der Waals surface area (Å²) in [5.74, 6) is -2.26. The maximum Gasteiger partial charge on any atom is 0.419 e. The van der Waals surface area contributed by atoms with Gasteiger partial charge in [-0.1, -0.05) is 44.0 Å². The van der Waals surface area contributed by atoms with Gasteiger partial charge in [0.05, 0.1) is 4.83 Å². The minimum Gasteiger partial charge on any atom is -0.293 e. The van der Waals surface area contributed by atoms with E-state index in [-0.39, 0.29) is 5.33 Å². The Kier molecular flexibility index (Phi) is 4.71. The molecule has 0 heterocycles. The molecule has 1 atom stereocenters. The molecule has 0 aromatic heterocycles. The topological polar surface area (TPSA) is 17.1 Å². The van der Waals surface area contributed by atoms with Crippen molar-refractivity contribution in [1.29, 1.82) is 0 Å². The Morgan fingerprint density at radius 2 is 1.94 bits per heavy atom. The van der Waals surface area contributed by atoms with Gasteiger partial charge >= 0.3 is 6.18 Å². The Labute approximate surface area is 111 Å². The van der Waals surface area contributed by atoms with Crippen molar-refractivity contribution in [3.05, 3.63) is 35.1 Å². The van der Waals surface area contributed by atoms with E-state index in [2.05, 4.69) is 31.9 Å². The summed E-state index contributed by atoms with van der Waals surface area (Å²) in [5.41, 5.74) is -2.19. The second-order valence-corrected chi connectivity index (χ2v) is 4.90. The monoisotopic (exact) mass is 376 g/mol. The highest BCUT2D eigenvalue weighted by Gasteiger charge is 2.39. The van der Waals surface area contributed by atoms with Gasteiger partial charge in [-0.15, -0.1) is 0 Å². The fraction of sp³-hybridized carbons (Fsp3) is 0.300. The van der Waals surface area contributed by atoms with Gasteiger partial charge in [-0.25, -0.2) is 4.39 Å². The fourth-order valence-electron chi connectivity index (χ4n) is 1.26. The summed E-state index contributed by atoms with van der Waals surface area (Å²) in [5, 5.41) is 0.139. The zero-order valence-corrected chi connectivity index (χ0v) is 11.4. The van der Waals surface area contributed by atoms with E-state index < -0.39 is 33.7 Å². The van der Waals surface area contributed by atoms with Gasteiger partial charge < -0.3 is 0 Å². The van der Waals surface area contributed by atoms with Gasteiger partial charge in [0.2, 0.25) is 0 Å². The molecule has 1 aromatic rings. The van der Waals surface area contributed by atoms with E-state index in [0.29, 0.717) is 6.07 Å². The summed E-state index contributed by atoms with van der Waals surface area (Å²) in [6.45, 7) is 0. The molecular formula is C10H6Br2F4O. The molecule has 94 valence electrons. The summed E-state index contributed by atoms with van der Waals surface area (Å²) in [4.78, 5) is 10.8. The molecule has 1 rings (SSSR count). The Bertz CT molecular complexity index is 431. The van der Waals surface area contributed by atoms with Crippen LogP contribution in [-0.2, 0) is 6.18 Å². The van der Waals surface area contributed by atoms with Crippen LogP contribution >= 0.6 is 31.9 Å². The maximum atomic E-state index is 13.2. The standard InChI is InChI=1S/C10H6Br2F4O/c11-4-6(12)9(17)5-2-1-3-7(13)8(5)10(14,15)16/h1-3,6H,4H2. The molecule has 0 aliphatic carbocycles. The number of benzene rings is 1. The predicted molar refractivity (Wildman–Crippen MR) is 62.2 cm³/mol. The van der Waals surface area contributed by atoms with Crippen molar-refractivity contribution in [3.8, 4) is 0 Å². The molecule has 0 saturated heterocycles. The first-order valence-corrected chi connectivity index (χ1v) is 6.42. The van der Waals surface area contributed by atoms with E-state index >= 15 is 0 Å². The molecule has 0 N–H and O–H groups in total. The summed E-state index contributed by atoms with van der Waals surface area (Å²) < 4.78 is 51.0. The van der Waals surface area contributed by atoms with Crippen LogP contribution in [-0.4, -0.2) is 15.9 Å². The summed E-state index contributed by atoms with van der Waals surface area (Å²) in [6.07, 6.45) is -4.89. The van der Waals surface area contributed by atoms with Crippen LogP contribution in [0.1, 0.15) is 15.9 Å². The zero-order valence-electron chi connectivity index (χ0n) is 8.19. The smallest absolute Gasteiger partial charge is 0.293 e. The van der Waals surface area contributed by atoms with Crippen molar-refractivity contribution >= 4 is 37.6 Å². The van der Waals surface area contributed by atoms with Crippen molar-refractivity contribution in [2.75, 3.05) is 5.33 Å². The zero-order chi connectivity index (χ0) is 13.2. The lowest BCUT2D eigenvalue weighted by molar-refractivity contribution is -0.140. The SMILES string of the molecule is O=C(c1cccc(F)c1C(F)(F)F)C(Br)CBr. The van der Waals surface area contributed by atoms with E-state index in [1.54, 1.807) is 0 Å². The molecule has 1 nitrogen and oxygen atoms in total. The van der Waals surface area contributed by atoms with Crippen molar-refractivity contribution in [1.82, 2.24) is 0 Å². The minimum atomic E-state index is -4.89. The Morgan fingerprint density at radius 1 is 1.35 bits per heavy atom. The van der Waals surface area contributed by atoms with E-state index in [1.807, 2.05) is 0 Å². The van der Waals surface area contributed by atoms with E-state index in [1.165, 1.54) is 0 Å². The third-order valence-corrected chi connectivity index (χ3v) is 4.24. The van der Waals surface area contributed by atoms with Crippen molar-refractivity contribution in [3.63, 3.8) is 0 Å². The van der Waals surface area contributed by atoms with Crippen LogP contribution in [0.2, 0.25) is 0 Å². The molecular weight excluding hydrogens is 372 g/mol. The highest BCUT2D eigenvalue weighted by Crippen LogP contribution is 2.35. The maximum absolute atomic E-state index is 13.2. The normalized spacial score (nSPS) is 13.5. The molecule has 0 radical (unpaired) electrons. The number of hydrogen-bond donors (Lipinski definition) is 0. The quantitative estimate of drug-likeness (QED) is 0.438. The van der Waals surface area contributed by atoms with E-state index in [0.717, 1.165) is 12.1 Å². The Hall–Kier alpha value is -0.430. The molecule has 0 amide bonds. The second-order valence-electron chi connectivity index (χ2n) is 3.15. The highest BCUT2D eigenvalue weighted by atomic mass is 79.9. The lowest BCUT2D eigenvalue weighted by Gasteiger charge is -2.14. The largest absolute Gasteiger partial charge is 0.419 e. The van der Waals surface area contributed by atoms with Gasteiger partial charge in [0.25, 0.3) is 0 Å². The first-order valence-electron chi connectivity index (χ1n) is 4.39. The minimum absolute atomic E-state index is 0.139. The van der Waals surface area contributed by atoms with E-state index in [4.69, 9.17) is 0 Å². The van der Waals surface area contributed by atoms with Crippen LogP contribution in [0.3, 0.4) is 0 Å². The van der Waals surface area contributed by atoms with Crippen molar-refractivity contribution in [2.24, 2.45) is 0 Å². The highest BCUT2D eigenvalue weighted by molar-refractivity contribution is 9.12. The number of rotatable bonds is 3. The summed E-state index contributed by atoms with van der Waals surface area (Å²) in [6, 6.07) is 2.72. The predicted octanol–water partition coefficient (Wildman–Crippen LogP) is 4.19. The van der Waals surface area contributed by atoms with Crippen LogP contribution in [0.4, 0.5) is 17.6 Å². The Balaban J connectivity index is 3.35. The average Bonchev–Trinajstić information content (AvgIpc) is 2.24. The van der Waals surface area contributed by atoms with Gasteiger partial charge in [-0.3, -0.25) is 4.79 Å². The number of ketones is 1. The fourth-order valence-corrected chi connectivity index (χ4v) is 1.80. The number of carbonyl (C=O) groups is 1. The number of Topliss-reactive ketones (excluding diaryl/α,β-unsaturated/α-hetero) is 1. The molecule has 0 aliphatic rings. The third-order valence-electron chi connectivity index (χ3n) is 1.98. The second kappa shape index (κ2) is 5.48. The summed E-state index contributed by atoms with van der Waals surface area (Å²) >= 11 is 5.88. The summed E-state index contributed by atoms with van der Waals surface area (Å²) in [7, 11) is 0. The molecule has 0 saturated carbocycles. The van der Waals surface area contributed by atoms with Crippen LogP contribution in [0.5, 0.6) is 0 Å². The van der Waals surface area contributed by atoms with Crippen LogP contribution < -0.4 is 0 Å².